The molecule has 1 fully saturated rings. The number of ether oxygens (including phenoxy) is 2. The normalized spacial score (nSPS) is 14.7. The van der Waals surface area contributed by atoms with Crippen LogP contribution in [0.1, 0.15) is 29.9 Å². The van der Waals surface area contributed by atoms with Gasteiger partial charge in [-0.1, -0.05) is 12.1 Å². The summed E-state index contributed by atoms with van der Waals surface area (Å²) in [5.74, 6) is 2.71. The Kier molecular flexibility index (Phi) is 5.30. The number of pyridine rings is 2. The van der Waals surface area contributed by atoms with Gasteiger partial charge in [0.25, 0.3) is 0 Å². The average molecular weight is 361 g/mol. The summed E-state index contributed by atoms with van der Waals surface area (Å²) >= 11 is 0. The van der Waals surface area contributed by atoms with Crippen LogP contribution < -0.4 is 10.1 Å². The summed E-state index contributed by atoms with van der Waals surface area (Å²) in [6.45, 7) is 3.62. The van der Waals surface area contributed by atoms with Gasteiger partial charge in [-0.2, -0.15) is 0 Å². The molecule has 1 saturated heterocycles. The predicted octanol–water partition coefficient (Wildman–Crippen LogP) is 5.21. The van der Waals surface area contributed by atoms with Crippen molar-refractivity contribution < 1.29 is 9.47 Å². The Morgan fingerprint density at radius 3 is 2.56 bits per heavy atom. The number of hydrogen-bond donors (Lipinski definition) is 1. The van der Waals surface area contributed by atoms with E-state index in [-0.39, 0.29) is 0 Å². The Morgan fingerprint density at radius 1 is 1.00 bits per heavy atom. The standard InChI is InChI=1S/C22H23N3O2/c1-16-4-9-21(24-15-16)25-18-5-7-19(8-6-18)27-22-20(3-2-12-23-22)17-10-13-26-14-11-17/h2-9,12,15,17H,10-11,13-14H2,1H3,(H,24,25). The highest BCUT2D eigenvalue weighted by Crippen LogP contribution is 2.34. The van der Waals surface area contributed by atoms with Crippen LogP contribution in [0.2, 0.25) is 0 Å². The monoisotopic (exact) mass is 361 g/mol. The van der Waals surface area contributed by atoms with Gasteiger partial charge in [0.15, 0.2) is 0 Å². The Labute approximate surface area is 159 Å². The summed E-state index contributed by atoms with van der Waals surface area (Å²) < 4.78 is 11.6. The highest BCUT2D eigenvalue weighted by molar-refractivity contribution is 5.57. The molecule has 0 saturated carbocycles. The van der Waals surface area contributed by atoms with Crippen LogP contribution in [0, 0.1) is 6.92 Å². The van der Waals surface area contributed by atoms with Crippen molar-refractivity contribution in [2.24, 2.45) is 0 Å². The molecule has 27 heavy (non-hydrogen) atoms. The molecule has 0 aliphatic carbocycles. The topological polar surface area (TPSA) is 56.3 Å². The van der Waals surface area contributed by atoms with E-state index in [0.717, 1.165) is 54.4 Å². The molecule has 1 aliphatic heterocycles. The maximum absolute atomic E-state index is 6.09. The van der Waals surface area contributed by atoms with Gasteiger partial charge in [0.1, 0.15) is 11.6 Å². The van der Waals surface area contributed by atoms with E-state index in [1.54, 1.807) is 6.20 Å². The van der Waals surface area contributed by atoms with Crippen molar-refractivity contribution >= 4 is 11.5 Å². The SMILES string of the molecule is Cc1ccc(Nc2ccc(Oc3ncccc3C3CCOCC3)cc2)nc1. The van der Waals surface area contributed by atoms with E-state index in [9.17, 15) is 0 Å². The molecule has 1 aromatic carbocycles. The third-order valence-corrected chi connectivity index (χ3v) is 4.71. The van der Waals surface area contributed by atoms with Gasteiger partial charge < -0.3 is 14.8 Å². The smallest absolute Gasteiger partial charge is 0.222 e. The first-order valence-electron chi connectivity index (χ1n) is 9.28. The van der Waals surface area contributed by atoms with Crippen LogP contribution in [0.15, 0.2) is 60.9 Å². The zero-order valence-electron chi connectivity index (χ0n) is 15.4. The van der Waals surface area contributed by atoms with Crippen molar-refractivity contribution in [1.29, 1.82) is 0 Å². The van der Waals surface area contributed by atoms with Crippen LogP contribution in [0.25, 0.3) is 0 Å². The third-order valence-electron chi connectivity index (χ3n) is 4.71. The third kappa shape index (κ3) is 4.44. The van der Waals surface area contributed by atoms with Crippen LogP contribution in [0.4, 0.5) is 11.5 Å². The van der Waals surface area contributed by atoms with Crippen LogP contribution in [0.3, 0.4) is 0 Å². The van der Waals surface area contributed by atoms with Crippen molar-refractivity contribution in [3.63, 3.8) is 0 Å². The Morgan fingerprint density at radius 2 is 1.81 bits per heavy atom. The molecule has 138 valence electrons. The van der Waals surface area contributed by atoms with Crippen LogP contribution in [-0.2, 0) is 4.74 Å². The molecule has 0 radical (unpaired) electrons. The lowest BCUT2D eigenvalue weighted by Crippen LogP contribution is -2.15. The molecule has 0 unspecified atom stereocenters. The van der Waals surface area contributed by atoms with Gasteiger partial charge in [0.2, 0.25) is 5.88 Å². The van der Waals surface area contributed by atoms with E-state index in [4.69, 9.17) is 9.47 Å². The Balaban J connectivity index is 1.46. The maximum atomic E-state index is 6.09. The molecule has 0 atom stereocenters. The second-order valence-electron chi connectivity index (χ2n) is 6.76. The largest absolute Gasteiger partial charge is 0.439 e. The molecule has 1 aliphatic rings. The minimum Gasteiger partial charge on any atom is -0.439 e. The first kappa shape index (κ1) is 17.5. The summed E-state index contributed by atoms with van der Waals surface area (Å²) in [6.07, 6.45) is 5.64. The zero-order chi connectivity index (χ0) is 18.5. The lowest BCUT2D eigenvalue weighted by Gasteiger charge is -2.23. The van der Waals surface area contributed by atoms with E-state index in [1.807, 2.05) is 55.6 Å². The first-order valence-corrected chi connectivity index (χ1v) is 9.28. The molecule has 2 aromatic heterocycles. The number of aromatic nitrogens is 2. The lowest BCUT2D eigenvalue weighted by molar-refractivity contribution is 0.0848. The van der Waals surface area contributed by atoms with Gasteiger partial charge in [-0.05, 0) is 67.6 Å². The molecule has 0 amide bonds. The van der Waals surface area contributed by atoms with Gasteiger partial charge >= 0.3 is 0 Å². The Bertz CT molecular complexity index is 873. The fraction of sp³-hybridized carbons (Fsp3) is 0.273. The number of nitrogens with zero attached hydrogens (tertiary/aromatic N) is 2. The molecule has 0 bridgehead atoms. The van der Waals surface area contributed by atoms with E-state index >= 15 is 0 Å². The van der Waals surface area contributed by atoms with Crippen LogP contribution >= 0.6 is 0 Å². The van der Waals surface area contributed by atoms with Crippen molar-refractivity contribution in [3.05, 3.63) is 72.1 Å². The quantitative estimate of drug-likeness (QED) is 0.675. The van der Waals surface area contributed by atoms with Crippen molar-refractivity contribution in [2.75, 3.05) is 18.5 Å². The molecule has 1 N–H and O–H groups in total. The molecular weight excluding hydrogens is 338 g/mol. The van der Waals surface area contributed by atoms with Gasteiger partial charge in [0, 0.05) is 36.9 Å². The number of hydrogen-bond acceptors (Lipinski definition) is 5. The highest BCUT2D eigenvalue weighted by Gasteiger charge is 2.20. The summed E-state index contributed by atoms with van der Waals surface area (Å²) in [6, 6.07) is 15.9. The number of rotatable bonds is 5. The van der Waals surface area contributed by atoms with Gasteiger partial charge in [-0.3, -0.25) is 0 Å². The van der Waals surface area contributed by atoms with Crippen molar-refractivity contribution in [1.82, 2.24) is 9.97 Å². The average Bonchev–Trinajstić information content (AvgIpc) is 2.72. The molecule has 4 rings (SSSR count). The second kappa shape index (κ2) is 8.18. The lowest BCUT2D eigenvalue weighted by atomic mass is 9.92. The summed E-state index contributed by atoms with van der Waals surface area (Å²) in [4.78, 5) is 8.82. The fourth-order valence-corrected chi connectivity index (χ4v) is 3.22. The summed E-state index contributed by atoms with van der Waals surface area (Å²) in [5.41, 5.74) is 3.26. The van der Waals surface area contributed by atoms with E-state index in [0.29, 0.717) is 11.8 Å². The molecule has 5 nitrogen and oxygen atoms in total. The molecule has 3 heterocycles. The van der Waals surface area contributed by atoms with Crippen LogP contribution in [0.5, 0.6) is 11.6 Å². The van der Waals surface area contributed by atoms with Gasteiger partial charge in [-0.15, -0.1) is 0 Å². The van der Waals surface area contributed by atoms with Crippen molar-refractivity contribution in [2.45, 2.75) is 25.7 Å². The predicted molar refractivity (Wildman–Crippen MR) is 106 cm³/mol. The van der Waals surface area contributed by atoms with Crippen LogP contribution in [-0.4, -0.2) is 23.2 Å². The zero-order valence-corrected chi connectivity index (χ0v) is 15.4. The van der Waals surface area contributed by atoms with Gasteiger partial charge in [0.05, 0.1) is 0 Å². The molecule has 0 spiro atoms. The van der Waals surface area contributed by atoms with E-state index < -0.39 is 0 Å². The Hall–Kier alpha value is -2.92. The number of aryl methyl sites for hydroxylation is 1. The number of anilines is 2. The second-order valence-corrected chi connectivity index (χ2v) is 6.76. The first-order chi connectivity index (χ1) is 13.3. The fourth-order valence-electron chi connectivity index (χ4n) is 3.22. The number of benzene rings is 1. The number of nitrogens with one attached hydrogen (secondary N) is 1. The minimum absolute atomic E-state index is 0.441. The molecular formula is C22H23N3O2. The minimum atomic E-state index is 0.441. The van der Waals surface area contributed by atoms with E-state index in [2.05, 4.69) is 21.4 Å². The van der Waals surface area contributed by atoms with Gasteiger partial charge in [-0.25, -0.2) is 9.97 Å². The summed E-state index contributed by atoms with van der Waals surface area (Å²) in [7, 11) is 0. The maximum Gasteiger partial charge on any atom is 0.222 e. The van der Waals surface area contributed by atoms with E-state index in [1.165, 1.54) is 0 Å². The summed E-state index contributed by atoms with van der Waals surface area (Å²) in [5, 5.41) is 3.29. The highest BCUT2D eigenvalue weighted by atomic mass is 16.5. The van der Waals surface area contributed by atoms with Crippen molar-refractivity contribution in [3.8, 4) is 11.6 Å². The molecule has 3 aromatic rings. The molecule has 5 heteroatoms.